The molecule has 45 heavy (non-hydrogen) atoms. The Bertz CT molecular complexity index is 774. The first kappa shape index (κ1) is 43.0. The SMILES string of the molecule is CCCCCC=CCC=CCCCCCCCC(=O)O[B]CCCCC(CCCCC=CCC=CCCCCC)CCC(N)=O. The molecule has 4 nitrogen and oxygen atoms in total. The number of primary amides is 1. The van der Waals surface area contributed by atoms with E-state index in [1.165, 1.54) is 83.5 Å². The van der Waals surface area contributed by atoms with Crippen LogP contribution in [0, 0.1) is 5.92 Å². The topological polar surface area (TPSA) is 69.4 Å². The number of hydrogen-bond acceptors (Lipinski definition) is 3. The fourth-order valence-corrected chi connectivity index (χ4v) is 5.45. The highest BCUT2D eigenvalue weighted by molar-refractivity contribution is 6.30. The minimum absolute atomic E-state index is 0.0999. The van der Waals surface area contributed by atoms with E-state index in [1.54, 1.807) is 7.48 Å². The lowest BCUT2D eigenvalue weighted by Gasteiger charge is -2.16. The van der Waals surface area contributed by atoms with E-state index < -0.39 is 0 Å². The minimum atomic E-state index is -0.199. The molecule has 0 aliphatic rings. The Hall–Kier alpha value is -2.04. The molecule has 0 saturated carbocycles. The van der Waals surface area contributed by atoms with Crippen LogP contribution in [0.1, 0.15) is 181 Å². The molecule has 1 atom stereocenters. The van der Waals surface area contributed by atoms with Crippen molar-refractivity contribution in [1.29, 1.82) is 0 Å². The second kappa shape index (κ2) is 36.4. The van der Waals surface area contributed by atoms with Crippen molar-refractivity contribution in [3.05, 3.63) is 48.6 Å². The van der Waals surface area contributed by atoms with Gasteiger partial charge >= 0.3 is 7.48 Å². The number of rotatable bonds is 34. The highest BCUT2D eigenvalue weighted by Crippen LogP contribution is 2.22. The van der Waals surface area contributed by atoms with Crippen molar-refractivity contribution in [2.24, 2.45) is 11.7 Å². The number of carbonyl (C=O) groups is 2. The van der Waals surface area contributed by atoms with Gasteiger partial charge in [0, 0.05) is 12.8 Å². The van der Waals surface area contributed by atoms with Gasteiger partial charge in [-0.1, -0.05) is 140 Å². The van der Waals surface area contributed by atoms with Gasteiger partial charge < -0.3 is 10.4 Å². The summed E-state index contributed by atoms with van der Waals surface area (Å²) in [5, 5.41) is 0. The molecule has 0 heterocycles. The zero-order valence-electron chi connectivity index (χ0n) is 29.7. The predicted molar refractivity (Wildman–Crippen MR) is 197 cm³/mol. The second-order valence-electron chi connectivity index (χ2n) is 12.8. The molecule has 0 spiro atoms. The monoisotopic (exact) mass is 625 g/mol. The molecule has 1 unspecified atom stereocenters. The maximum atomic E-state index is 12.0. The molecule has 5 heteroatoms. The van der Waals surface area contributed by atoms with Gasteiger partial charge in [0.2, 0.25) is 5.91 Å². The van der Waals surface area contributed by atoms with E-state index in [1.807, 2.05) is 0 Å². The molecular formula is C40H71BNO3. The van der Waals surface area contributed by atoms with Crippen molar-refractivity contribution in [3.8, 4) is 0 Å². The van der Waals surface area contributed by atoms with E-state index in [0.717, 1.165) is 76.9 Å². The van der Waals surface area contributed by atoms with Gasteiger partial charge in [0.15, 0.2) is 0 Å². The maximum absolute atomic E-state index is 12.0. The highest BCUT2D eigenvalue weighted by Gasteiger charge is 2.11. The molecule has 2 N–H and O–H groups in total. The summed E-state index contributed by atoms with van der Waals surface area (Å²) in [4.78, 5) is 23.4. The standard InChI is InChI=1S/C40H71BNO3/c1-3-5-7-9-11-13-15-17-18-19-21-23-25-27-29-34-40(44)45-41-37-31-30-33-38(35-36-39(42)43)32-28-26-24-22-20-16-14-12-10-8-6-4-2/h11-14,17-18,20,22,38H,3-10,15-16,19,21,23-37H2,1-2H3,(H2,42,43). The van der Waals surface area contributed by atoms with Gasteiger partial charge in [-0.05, 0) is 89.3 Å². The van der Waals surface area contributed by atoms with E-state index in [9.17, 15) is 9.59 Å². The number of unbranched alkanes of at least 4 members (excludes halogenated alkanes) is 14. The number of amides is 1. The Kier molecular flexibility index (Phi) is 34.8. The van der Waals surface area contributed by atoms with E-state index in [0.29, 0.717) is 18.8 Å². The van der Waals surface area contributed by atoms with Crippen LogP contribution in [0.15, 0.2) is 48.6 Å². The summed E-state index contributed by atoms with van der Waals surface area (Å²) < 4.78 is 5.35. The lowest BCUT2D eigenvalue weighted by molar-refractivity contribution is -0.134. The van der Waals surface area contributed by atoms with Crippen molar-refractivity contribution in [1.82, 2.24) is 0 Å². The largest absolute Gasteiger partial charge is 0.539 e. The summed E-state index contributed by atoms with van der Waals surface area (Å²) >= 11 is 0. The first-order valence-corrected chi connectivity index (χ1v) is 19.0. The van der Waals surface area contributed by atoms with Crippen LogP contribution >= 0.6 is 0 Å². The molecule has 0 aliphatic heterocycles. The van der Waals surface area contributed by atoms with Crippen LogP contribution in [-0.2, 0) is 14.2 Å². The van der Waals surface area contributed by atoms with E-state index in [4.69, 9.17) is 10.4 Å². The van der Waals surface area contributed by atoms with Crippen LogP contribution in [0.25, 0.3) is 0 Å². The van der Waals surface area contributed by atoms with Crippen LogP contribution in [-0.4, -0.2) is 19.4 Å². The number of hydrogen-bond donors (Lipinski definition) is 1. The van der Waals surface area contributed by atoms with Crippen LogP contribution in [0.2, 0.25) is 6.32 Å². The Balaban J connectivity index is 3.75. The Morgan fingerprint density at radius 2 is 1.02 bits per heavy atom. The van der Waals surface area contributed by atoms with Gasteiger partial charge in [0.1, 0.15) is 0 Å². The highest BCUT2D eigenvalue weighted by atomic mass is 16.5. The molecule has 0 saturated heterocycles. The lowest BCUT2D eigenvalue weighted by atomic mass is 9.87. The molecule has 0 rings (SSSR count). The summed E-state index contributed by atoms with van der Waals surface area (Å²) in [6.07, 6.45) is 48.1. The Morgan fingerprint density at radius 1 is 0.556 bits per heavy atom. The average molecular weight is 625 g/mol. The fourth-order valence-electron chi connectivity index (χ4n) is 5.45. The third kappa shape index (κ3) is 36.3. The molecule has 0 bridgehead atoms. The molecule has 0 aromatic heterocycles. The molecule has 257 valence electrons. The zero-order chi connectivity index (χ0) is 32.9. The van der Waals surface area contributed by atoms with Crippen LogP contribution in [0.3, 0.4) is 0 Å². The lowest BCUT2D eigenvalue weighted by Crippen LogP contribution is -2.13. The quantitative estimate of drug-likeness (QED) is 0.0440. The predicted octanol–water partition coefficient (Wildman–Crippen LogP) is 12.1. The van der Waals surface area contributed by atoms with E-state index in [2.05, 4.69) is 62.5 Å². The van der Waals surface area contributed by atoms with Crippen molar-refractivity contribution in [2.75, 3.05) is 0 Å². The fraction of sp³-hybridized carbons (Fsp3) is 0.750. The summed E-state index contributed by atoms with van der Waals surface area (Å²) in [7, 11) is 1.69. The number of carbonyl (C=O) groups excluding carboxylic acids is 2. The van der Waals surface area contributed by atoms with E-state index in [-0.39, 0.29) is 11.9 Å². The zero-order valence-corrected chi connectivity index (χ0v) is 29.7. The van der Waals surface area contributed by atoms with Crippen LogP contribution in [0.4, 0.5) is 0 Å². The van der Waals surface area contributed by atoms with Gasteiger partial charge in [0.05, 0.1) is 0 Å². The number of nitrogens with two attached hydrogens (primary N) is 1. The first-order chi connectivity index (χ1) is 22.1. The first-order valence-electron chi connectivity index (χ1n) is 19.0. The summed E-state index contributed by atoms with van der Waals surface area (Å²) in [6, 6.07) is 0. The van der Waals surface area contributed by atoms with Gasteiger partial charge in [0.25, 0.3) is 5.97 Å². The smallest absolute Gasteiger partial charge is 0.373 e. The summed E-state index contributed by atoms with van der Waals surface area (Å²) in [5.41, 5.74) is 5.42. The summed E-state index contributed by atoms with van der Waals surface area (Å²) in [5.74, 6) is 0.250. The second-order valence-corrected chi connectivity index (χ2v) is 12.8. The summed E-state index contributed by atoms with van der Waals surface area (Å²) in [6.45, 7) is 4.49. The van der Waals surface area contributed by atoms with Crippen molar-refractivity contribution in [3.63, 3.8) is 0 Å². The Morgan fingerprint density at radius 3 is 1.56 bits per heavy atom. The molecule has 0 aliphatic carbocycles. The van der Waals surface area contributed by atoms with Crippen molar-refractivity contribution >= 4 is 19.4 Å². The third-order valence-corrected chi connectivity index (χ3v) is 8.34. The minimum Gasteiger partial charge on any atom is -0.539 e. The van der Waals surface area contributed by atoms with Gasteiger partial charge in [-0.2, -0.15) is 0 Å². The third-order valence-electron chi connectivity index (χ3n) is 8.34. The maximum Gasteiger partial charge on any atom is 0.373 e. The molecule has 0 aromatic carbocycles. The molecule has 0 fully saturated rings. The average Bonchev–Trinajstić information content (AvgIpc) is 3.03. The molecule has 0 aromatic rings. The molecular weight excluding hydrogens is 553 g/mol. The van der Waals surface area contributed by atoms with E-state index >= 15 is 0 Å². The normalized spacial score (nSPS) is 12.7. The van der Waals surface area contributed by atoms with Crippen LogP contribution in [0.5, 0.6) is 0 Å². The van der Waals surface area contributed by atoms with Gasteiger partial charge in [-0.25, -0.2) is 0 Å². The van der Waals surface area contributed by atoms with Crippen LogP contribution < -0.4 is 5.73 Å². The molecule has 1 radical (unpaired) electrons. The van der Waals surface area contributed by atoms with Gasteiger partial charge in [-0.15, -0.1) is 0 Å². The molecule has 1 amide bonds. The van der Waals surface area contributed by atoms with Crippen molar-refractivity contribution < 1.29 is 14.2 Å². The van der Waals surface area contributed by atoms with Crippen molar-refractivity contribution in [2.45, 2.75) is 187 Å². The van der Waals surface area contributed by atoms with Gasteiger partial charge in [-0.3, -0.25) is 9.59 Å². The number of allylic oxidation sites excluding steroid dienone is 8. The Labute approximate surface area is 280 Å².